The van der Waals surface area contributed by atoms with Crippen molar-refractivity contribution in [2.45, 2.75) is 39.0 Å². The molecule has 0 spiro atoms. The van der Waals surface area contributed by atoms with Gasteiger partial charge < -0.3 is 15.2 Å². The van der Waals surface area contributed by atoms with Gasteiger partial charge in [0.15, 0.2) is 11.5 Å². The second-order valence-corrected chi connectivity index (χ2v) is 4.38. The van der Waals surface area contributed by atoms with Gasteiger partial charge in [0, 0.05) is 0 Å². The molecule has 18 heavy (non-hydrogen) atoms. The normalized spacial score (nSPS) is 12.2. The molecule has 1 atom stereocenters. The van der Waals surface area contributed by atoms with Gasteiger partial charge in [0.1, 0.15) is 0 Å². The molecule has 0 aliphatic rings. The molecular weight excluding hydrogens is 226 g/mol. The summed E-state index contributed by atoms with van der Waals surface area (Å²) in [6.07, 6.45) is 3.31. The second-order valence-electron chi connectivity index (χ2n) is 4.38. The molecule has 102 valence electrons. The first-order chi connectivity index (χ1) is 8.76. The van der Waals surface area contributed by atoms with Gasteiger partial charge in [-0.2, -0.15) is 0 Å². The third-order valence-corrected chi connectivity index (χ3v) is 3.21. The largest absolute Gasteiger partial charge is 0.493 e. The highest BCUT2D eigenvalue weighted by molar-refractivity contribution is 5.44. The van der Waals surface area contributed by atoms with Crippen molar-refractivity contribution in [3.63, 3.8) is 0 Å². The Balaban J connectivity index is 2.88. The number of hydrogen-bond acceptors (Lipinski definition) is 3. The molecule has 0 fully saturated rings. The van der Waals surface area contributed by atoms with Crippen LogP contribution in [0.1, 0.15) is 44.6 Å². The molecule has 0 aliphatic carbocycles. The van der Waals surface area contributed by atoms with Crippen LogP contribution < -0.4 is 15.2 Å². The third-order valence-electron chi connectivity index (χ3n) is 3.21. The first-order valence-electron chi connectivity index (χ1n) is 6.77. The number of methoxy groups -OCH3 is 1. The number of nitrogens with two attached hydrogens (primary N) is 1. The fraction of sp³-hybridized carbons (Fsp3) is 0.600. The average Bonchev–Trinajstić information content (AvgIpc) is 2.41. The number of hydrogen-bond donors (Lipinski definition) is 1. The van der Waals surface area contributed by atoms with E-state index in [1.165, 1.54) is 5.56 Å². The van der Waals surface area contributed by atoms with Crippen LogP contribution in [0.3, 0.4) is 0 Å². The summed E-state index contributed by atoms with van der Waals surface area (Å²) >= 11 is 0. The summed E-state index contributed by atoms with van der Waals surface area (Å²) in [5.41, 5.74) is 6.90. The lowest BCUT2D eigenvalue weighted by Gasteiger charge is -2.17. The molecule has 0 bridgehead atoms. The van der Waals surface area contributed by atoms with Gasteiger partial charge in [-0.05, 0) is 56.3 Å². The van der Waals surface area contributed by atoms with Crippen molar-refractivity contribution in [3.8, 4) is 11.5 Å². The highest BCUT2D eigenvalue weighted by Gasteiger charge is 2.12. The van der Waals surface area contributed by atoms with Crippen LogP contribution in [0.15, 0.2) is 18.2 Å². The average molecular weight is 251 g/mol. The van der Waals surface area contributed by atoms with Crippen molar-refractivity contribution < 1.29 is 9.47 Å². The Kier molecular flexibility index (Phi) is 6.58. The molecule has 0 saturated heterocycles. The van der Waals surface area contributed by atoms with E-state index in [0.29, 0.717) is 12.5 Å². The highest BCUT2D eigenvalue weighted by Crippen LogP contribution is 2.33. The first kappa shape index (κ1) is 14.8. The Hall–Kier alpha value is -1.22. The van der Waals surface area contributed by atoms with Gasteiger partial charge in [0.05, 0.1) is 13.7 Å². The molecule has 3 heteroatoms. The van der Waals surface area contributed by atoms with E-state index in [0.717, 1.165) is 37.3 Å². The third kappa shape index (κ3) is 3.91. The van der Waals surface area contributed by atoms with E-state index in [-0.39, 0.29) is 0 Å². The van der Waals surface area contributed by atoms with E-state index >= 15 is 0 Å². The SMILES string of the molecule is CCOc1ccc(C(CC)CCCN)cc1OC. The van der Waals surface area contributed by atoms with Gasteiger partial charge >= 0.3 is 0 Å². The maximum Gasteiger partial charge on any atom is 0.161 e. The standard InChI is InChI=1S/C15H25NO2/c1-4-12(7-6-10-16)13-8-9-14(18-5-2)15(11-13)17-3/h8-9,11-12H,4-7,10,16H2,1-3H3. The van der Waals surface area contributed by atoms with Gasteiger partial charge in [0.2, 0.25) is 0 Å². The quantitative estimate of drug-likeness (QED) is 0.770. The maximum atomic E-state index is 5.58. The van der Waals surface area contributed by atoms with Crippen LogP contribution in [0, 0.1) is 0 Å². The molecule has 0 aliphatic heterocycles. The monoisotopic (exact) mass is 251 g/mol. The predicted octanol–water partition coefficient (Wildman–Crippen LogP) is 3.33. The smallest absolute Gasteiger partial charge is 0.161 e. The fourth-order valence-electron chi connectivity index (χ4n) is 2.18. The van der Waals surface area contributed by atoms with Crippen molar-refractivity contribution in [2.75, 3.05) is 20.3 Å². The van der Waals surface area contributed by atoms with Crippen molar-refractivity contribution in [2.24, 2.45) is 5.73 Å². The molecule has 0 radical (unpaired) electrons. The first-order valence-corrected chi connectivity index (χ1v) is 6.77. The molecule has 1 aromatic rings. The van der Waals surface area contributed by atoms with E-state index in [9.17, 15) is 0 Å². The van der Waals surface area contributed by atoms with Crippen molar-refractivity contribution in [1.29, 1.82) is 0 Å². The van der Waals surface area contributed by atoms with Crippen LogP contribution in [-0.2, 0) is 0 Å². The lowest BCUT2D eigenvalue weighted by molar-refractivity contribution is 0.310. The van der Waals surface area contributed by atoms with E-state index in [2.05, 4.69) is 19.1 Å². The highest BCUT2D eigenvalue weighted by atomic mass is 16.5. The summed E-state index contributed by atoms with van der Waals surface area (Å²) < 4.78 is 10.9. The molecule has 0 aromatic heterocycles. The van der Waals surface area contributed by atoms with E-state index in [1.807, 2.05) is 13.0 Å². The molecule has 0 amide bonds. The topological polar surface area (TPSA) is 44.5 Å². The molecule has 2 N–H and O–H groups in total. The minimum atomic E-state index is 0.554. The zero-order valence-electron chi connectivity index (χ0n) is 11.7. The molecule has 3 nitrogen and oxygen atoms in total. The summed E-state index contributed by atoms with van der Waals surface area (Å²) in [6.45, 7) is 5.60. The summed E-state index contributed by atoms with van der Waals surface area (Å²) in [7, 11) is 1.68. The zero-order valence-corrected chi connectivity index (χ0v) is 11.7. The van der Waals surface area contributed by atoms with Crippen LogP contribution >= 0.6 is 0 Å². The van der Waals surface area contributed by atoms with Crippen molar-refractivity contribution in [3.05, 3.63) is 23.8 Å². The molecule has 1 rings (SSSR count). The minimum absolute atomic E-state index is 0.554. The number of ether oxygens (including phenoxy) is 2. The lowest BCUT2D eigenvalue weighted by Crippen LogP contribution is -2.04. The van der Waals surface area contributed by atoms with Crippen LogP contribution in [0.25, 0.3) is 0 Å². The molecule has 0 heterocycles. The molecule has 1 aromatic carbocycles. The van der Waals surface area contributed by atoms with Gasteiger partial charge in [-0.25, -0.2) is 0 Å². The van der Waals surface area contributed by atoms with Crippen LogP contribution in [0.2, 0.25) is 0 Å². The summed E-state index contributed by atoms with van der Waals surface area (Å²) in [5.74, 6) is 2.19. The summed E-state index contributed by atoms with van der Waals surface area (Å²) in [5, 5.41) is 0. The lowest BCUT2D eigenvalue weighted by atomic mass is 9.91. The number of benzene rings is 1. The van der Waals surface area contributed by atoms with Crippen molar-refractivity contribution in [1.82, 2.24) is 0 Å². The Morgan fingerprint density at radius 1 is 1.22 bits per heavy atom. The van der Waals surface area contributed by atoms with Crippen molar-refractivity contribution >= 4 is 0 Å². The Bertz CT molecular complexity index is 352. The Morgan fingerprint density at radius 3 is 2.56 bits per heavy atom. The van der Waals surface area contributed by atoms with Gasteiger partial charge in [-0.3, -0.25) is 0 Å². The maximum absolute atomic E-state index is 5.58. The zero-order chi connectivity index (χ0) is 13.4. The summed E-state index contributed by atoms with van der Waals surface area (Å²) in [4.78, 5) is 0. The molecular formula is C15H25NO2. The molecule has 0 saturated carbocycles. The summed E-state index contributed by atoms with van der Waals surface area (Å²) in [6, 6.07) is 6.23. The van der Waals surface area contributed by atoms with Gasteiger partial charge in [-0.1, -0.05) is 13.0 Å². The van der Waals surface area contributed by atoms with E-state index in [1.54, 1.807) is 7.11 Å². The Morgan fingerprint density at radius 2 is 2.00 bits per heavy atom. The van der Waals surface area contributed by atoms with Crippen LogP contribution in [0.4, 0.5) is 0 Å². The van der Waals surface area contributed by atoms with Gasteiger partial charge in [0.25, 0.3) is 0 Å². The van der Waals surface area contributed by atoms with Crippen LogP contribution in [0.5, 0.6) is 11.5 Å². The van der Waals surface area contributed by atoms with Gasteiger partial charge in [-0.15, -0.1) is 0 Å². The van der Waals surface area contributed by atoms with E-state index < -0.39 is 0 Å². The van der Waals surface area contributed by atoms with Crippen LogP contribution in [-0.4, -0.2) is 20.3 Å². The van der Waals surface area contributed by atoms with E-state index in [4.69, 9.17) is 15.2 Å². The second kappa shape index (κ2) is 7.98. The number of rotatable bonds is 8. The predicted molar refractivity (Wildman–Crippen MR) is 75.5 cm³/mol. The minimum Gasteiger partial charge on any atom is -0.493 e. The fourth-order valence-corrected chi connectivity index (χ4v) is 2.18. The Labute approximate surface area is 110 Å². The molecule has 1 unspecified atom stereocenters.